The third kappa shape index (κ3) is 4.87. The molecule has 0 spiro atoms. The van der Waals surface area contributed by atoms with E-state index in [1.54, 1.807) is 54.2 Å². The lowest BCUT2D eigenvalue weighted by atomic mass is 10.0. The van der Waals surface area contributed by atoms with Crippen LogP contribution in [0.1, 0.15) is 5.56 Å². The highest BCUT2D eigenvalue weighted by Crippen LogP contribution is 2.38. The molecule has 0 radical (unpaired) electrons. The van der Waals surface area contributed by atoms with Gasteiger partial charge in [0, 0.05) is 41.5 Å². The van der Waals surface area contributed by atoms with E-state index < -0.39 is 0 Å². The van der Waals surface area contributed by atoms with Crippen LogP contribution in [0.2, 0.25) is 5.02 Å². The van der Waals surface area contributed by atoms with Crippen LogP contribution in [0.15, 0.2) is 66.1 Å². The van der Waals surface area contributed by atoms with Crippen molar-refractivity contribution in [2.24, 2.45) is 0 Å². The Morgan fingerprint density at radius 3 is 2.67 bits per heavy atom. The number of nitrogens with zero attached hydrogens (tertiary/aromatic N) is 3. The van der Waals surface area contributed by atoms with Gasteiger partial charge in [-0.2, -0.15) is 4.98 Å². The minimum Gasteiger partial charge on any atom is -0.497 e. The van der Waals surface area contributed by atoms with Gasteiger partial charge in [-0.25, -0.2) is 4.98 Å². The molecular formula is C26H24ClN5O4. The van der Waals surface area contributed by atoms with Crippen molar-refractivity contribution < 1.29 is 14.3 Å². The molecule has 9 nitrogen and oxygen atoms in total. The number of carbonyl (C=O) groups is 1. The zero-order chi connectivity index (χ0) is 25.8. The van der Waals surface area contributed by atoms with Gasteiger partial charge in [0.05, 0.1) is 25.8 Å². The first kappa shape index (κ1) is 24.7. The van der Waals surface area contributed by atoms with Gasteiger partial charge in [-0.3, -0.25) is 14.2 Å². The summed E-state index contributed by atoms with van der Waals surface area (Å²) in [7, 11) is 4.72. The maximum absolute atomic E-state index is 13.9. The van der Waals surface area contributed by atoms with Crippen LogP contribution in [0.5, 0.6) is 11.5 Å². The van der Waals surface area contributed by atoms with Crippen molar-refractivity contribution in [3.8, 4) is 22.6 Å². The predicted molar refractivity (Wildman–Crippen MR) is 141 cm³/mol. The molecule has 0 fully saturated rings. The zero-order valence-corrected chi connectivity index (χ0v) is 20.7. The topological polar surface area (TPSA) is 107 Å². The van der Waals surface area contributed by atoms with Crippen LogP contribution in [0.25, 0.3) is 22.2 Å². The van der Waals surface area contributed by atoms with E-state index in [4.69, 9.17) is 21.1 Å². The highest BCUT2D eigenvalue weighted by Gasteiger charge is 2.19. The Morgan fingerprint density at radius 1 is 1.17 bits per heavy atom. The van der Waals surface area contributed by atoms with E-state index in [0.29, 0.717) is 45.3 Å². The highest BCUT2D eigenvalue weighted by molar-refractivity contribution is 6.35. The lowest BCUT2D eigenvalue weighted by Crippen LogP contribution is -2.24. The molecule has 4 aromatic rings. The van der Waals surface area contributed by atoms with Crippen LogP contribution in [-0.4, -0.2) is 41.7 Å². The van der Waals surface area contributed by atoms with Crippen molar-refractivity contribution >= 4 is 40.2 Å². The van der Waals surface area contributed by atoms with Crippen molar-refractivity contribution in [3.05, 3.63) is 82.3 Å². The number of hydrogen-bond donors (Lipinski definition) is 2. The lowest BCUT2D eigenvalue weighted by Gasteiger charge is -2.16. The summed E-state index contributed by atoms with van der Waals surface area (Å²) in [6.45, 7) is 3.65. The van der Waals surface area contributed by atoms with Gasteiger partial charge in [-0.15, -0.1) is 0 Å². The maximum Gasteiger partial charge on any atom is 0.260 e. The summed E-state index contributed by atoms with van der Waals surface area (Å²) in [6, 6.07) is 12.2. The summed E-state index contributed by atoms with van der Waals surface area (Å²) in [5.41, 5.74) is 2.27. The predicted octanol–water partition coefficient (Wildman–Crippen LogP) is 4.34. The first-order valence-corrected chi connectivity index (χ1v) is 11.3. The summed E-state index contributed by atoms with van der Waals surface area (Å²) >= 11 is 6.62. The van der Waals surface area contributed by atoms with Gasteiger partial charge in [0.2, 0.25) is 11.9 Å². The SMILES string of the molecule is C=CC(=O)Nc1cccc(Cn2c(=O)c(-c3cc(OC)cc(OC)c3Cl)cc3cnc(NC)nc32)c1. The van der Waals surface area contributed by atoms with E-state index >= 15 is 0 Å². The zero-order valence-electron chi connectivity index (χ0n) is 20.0. The van der Waals surface area contributed by atoms with Gasteiger partial charge in [0.25, 0.3) is 5.56 Å². The summed E-state index contributed by atoms with van der Waals surface area (Å²) < 4.78 is 12.3. The van der Waals surface area contributed by atoms with E-state index in [1.165, 1.54) is 20.3 Å². The van der Waals surface area contributed by atoms with Crippen molar-refractivity contribution in [2.45, 2.75) is 6.54 Å². The van der Waals surface area contributed by atoms with Crippen LogP contribution < -0.4 is 25.7 Å². The standard InChI is InChI=1S/C26H24ClN5O4/c1-5-22(33)30-17-8-6-7-15(9-17)14-32-24-16(13-29-26(28-2)31-24)10-20(25(32)34)19-11-18(35-3)12-21(36-4)23(19)27/h5-13H,1,14H2,2-4H3,(H,30,33)(H,28,29,31). The second-order valence-corrected chi connectivity index (χ2v) is 8.13. The van der Waals surface area contributed by atoms with Gasteiger partial charge >= 0.3 is 0 Å². The molecule has 0 aliphatic heterocycles. The third-order valence-corrected chi connectivity index (χ3v) is 5.92. The number of anilines is 2. The Kier molecular flexibility index (Phi) is 7.21. The first-order valence-electron chi connectivity index (χ1n) is 10.9. The normalized spacial score (nSPS) is 10.7. The van der Waals surface area contributed by atoms with Gasteiger partial charge in [0.1, 0.15) is 17.1 Å². The van der Waals surface area contributed by atoms with Gasteiger partial charge in [-0.1, -0.05) is 30.3 Å². The van der Waals surface area contributed by atoms with E-state index in [0.717, 1.165) is 5.56 Å². The van der Waals surface area contributed by atoms with Gasteiger partial charge in [-0.05, 0) is 35.9 Å². The van der Waals surface area contributed by atoms with Gasteiger partial charge in [0.15, 0.2) is 0 Å². The molecule has 4 rings (SSSR count). The van der Waals surface area contributed by atoms with Crippen LogP contribution in [0, 0.1) is 0 Å². The number of fused-ring (bicyclic) bond motifs is 1. The number of aromatic nitrogens is 3. The summed E-state index contributed by atoms with van der Waals surface area (Å²) in [5.74, 6) is 0.913. The Bertz CT molecular complexity index is 1530. The molecule has 2 aromatic carbocycles. The average Bonchev–Trinajstić information content (AvgIpc) is 2.90. The molecular weight excluding hydrogens is 482 g/mol. The Hall–Kier alpha value is -4.37. The van der Waals surface area contributed by atoms with Gasteiger partial charge < -0.3 is 20.1 Å². The molecule has 36 heavy (non-hydrogen) atoms. The third-order valence-electron chi connectivity index (χ3n) is 5.53. The Morgan fingerprint density at radius 2 is 1.97 bits per heavy atom. The van der Waals surface area contributed by atoms with E-state index in [9.17, 15) is 9.59 Å². The van der Waals surface area contributed by atoms with Crippen LogP contribution in [0.3, 0.4) is 0 Å². The summed E-state index contributed by atoms with van der Waals surface area (Å²) in [6.07, 6.45) is 2.83. The number of ether oxygens (including phenoxy) is 2. The molecule has 0 aliphatic rings. The number of benzene rings is 2. The number of methoxy groups -OCH3 is 2. The Labute approximate surface area is 212 Å². The molecule has 0 saturated heterocycles. The second kappa shape index (κ2) is 10.5. The average molecular weight is 506 g/mol. The fourth-order valence-electron chi connectivity index (χ4n) is 3.78. The van der Waals surface area contributed by atoms with E-state index in [2.05, 4.69) is 27.2 Å². The second-order valence-electron chi connectivity index (χ2n) is 7.76. The fraction of sp³-hybridized carbons (Fsp3) is 0.154. The van der Waals surface area contributed by atoms with Crippen LogP contribution in [0.4, 0.5) is 11.6 Å². The number of nitrogens with one attached hydrogen (secondary N) is 2. The molecule has 2 N–H and O–H groups in total. The van der Waals surface area contributed by atoms with Crippen molar-refractivity contribution in [1.29, 1.82) is 0 Å². The molecule has 184 valence electrons. The minimum absolute atomic E-state index is 0.180. The molecule has 0 atom stereocenters. The van der Waals surface area contributed by atoms with Crippen molar-refractivity contribution in [1.82, 2.24) is 14.5 Å². The Balaban J connectivity index is 1.94. The number of carbonyl (C=O) groups excluding carboxylic acids is 1. The quantitative estimate of drug-likeness (QED) is 0.343. The largest absolute Gasteiger partial charge is 0.497 e. The fourth-order valence-corrected chi connectivity index (χ4v) is 4.07. The van der Waals surface area contributed by atoms with E-state index in [-0.39, 0.29) is 23.0 Å². The van der Waals surface area contributed by atoms with Crippen molar-refractivity contribution in [2.75, 3.05) is 31.9 Å². The van der Waals surface area contributed by atoms with Crippen molar-refractivity contribution in [3.63, 3.8) is 0 Å². The molecule has 2 aromatic heterocycles. The highest BCUT2D eigenvalue weighted by atomic mass is 35.5. The number of rotatable bonds is 8. The molecule has 0 unspecified atom stereocenters. The molecule has 1 amide bonds. The smallest absolute Gasteiger partial charge is 0.260 e. The number of hydrogen-bond acceptors (Lipinski definition) is 7. The first-order chi connectivity index (χ1) is 17.4. The summed E-state index contributed by atoms with van der Waals surface area (Å²) in [5, 5.41) is 6.55. The molecule has 0 saturated carbocycles. The monoisotopic (exact) mass is 505 g/mol. The molecule has 10 heteroatoms. The molecule has 2 heterocycles. The number of halogens is 1. The number of amides is 1. The molecule has 0 aliphatic carbocycles. The van der Waals surface area contributed by atoms with Crippen LogP contribution >= 0.6 is 11.6 Å². The van der Waals surface area contributed by atoms with E-state index in [1.807, 2.05) is 6.07 Å². The lowest BCUT2D eigenvalue weighted by molar-refractivity contribution is -0.111. The maximum atomic E-state index is 13.9. The molecule has 0 bridgehead atoms. The van der Waals surface area contributed by atoms with Crippen LogP contribution in [-0.2, 0) is 11.3 Å². The number of pyridine rings is 1. The minimum atomic E-state index is -0.329. The summed E-state index contributed by atoms with van der Waals surface area (Å²) in [4.78, 5) is 34.5.